The van der Waals surface area contributed by atoms with Crippen LogP contribution in [-0.4, -0.2) is 41.9 Å². The van der Waals surface area contributed by atoms with Crippen LogP contribution in [0.4, 0.5) is 0 Å². The second-order valence-corrected chi connectivity index (χ2v) is 9.41. The first-order valence-corrected chi connectivity index (χ1v) is 11.1. The van der Waals surface area contributed by atoms with Crippen molar-refractivity contribution in [2.75, 3.05) is 13.1 Å². The van der Waals surface area contributed by atoms with Crippen molar-refractivity contribution < 1.29 is 13.2 Å². The number of para-hydroxylation sites is 1. The minimum Gasteiger partial charge on any atom is -0.298 e. The number of benzene rings is 2. The van der Waals surface area contributed by atoms with Crippen LogP contribution in [-0.2, 0) is 10.0 Å². The Labute approximate surface area is 170 Å². The minimum atomic E-state index is -3.58. The summed E-state index contributed by atoms with van der Waals surface area (Å²) in [6, 6.07) is 16.2. The zero-order valence-electron chi connectivity index (χ0n) is 16.2. The van der Waals surface area contributed by atoms with Crippen LogP contribution in [0.2, 0.25) is 0 Å². The van der Waals surface area contributed by atoms with Crippen molar-refractivity contribution in [2.45, 2.75) is 24.7 Å². The van der Waals surface area contributed by atoms with Gasteiger partial charge in [-0.05, 0) is 43.0 Å². The largest absolute Gasteiger partial charge is 0.298 e. The monoisotopic (exact) mass is 409 g/mol. The fraction of sp³-hybridized carbons (Fsp3) is 0.273. The molecule has 0 radical (unpaired) electrons. The third-order valence-electron chi connectivity index (χ3n) is 5.26. The van der Waals surface area contributed by atoms with Crippen LogP contribution in [0, 0.1) is 5.92 Å². The third kappa shape index (κ3) is 3.88. The van der Waals surface area contributed by atoms with Crippen LogP contribution in [0.1, 0.15) is 30.1 Å². The summed E-state index contributed by atoms with van der Waals surface area (Å²) in [5.74, 6) is 0.352. The van der Waals surface area contributed by atoms with Gasteiger partial charge in [0.25, 0.3) is 0 Å². The summed E-state index contributed by atoms with van der Waals surface area (Å²) in [6.45, 7) is 3.15. The summed E-state index contributed by atoms with van der Waals surface area (Å²) in [7, 11) is -3.58. The van der Waals surface area contributed by atoms with Crippen LogP contribution in [0.15, 0.2) is 65.7 Å². The molecule has 150 valence electrons. The molecule has 1 aromatic heterocycles. The molecule has 1 atom stereocenters. The minimum absolute atomic E-state index is 0.232. The Morgan fingerprint density at radius 2 is 1.90 bits per heavy atom. The Morgan fingerprint density at radius 1 is 1.10 bits per heavy atom. The fourth-order valence-electron chi connectivity index (χ4n) is 3.73. The maximum absolute atomic E-state index is 13.1. The van der Waals surface area contributed by atoms with Gasteiger partial charge in [-0.25, -0.2) is 13.1 Å². The number of sulfonamides is 1. The highest BCUT2D eigenvalue weighted by Crippen LogP contribution is 2.28. The lowest BCUT2D eigenvalue weighted by Crippen LogP contribution is -2.39. The number of piperidine rings is 1. The molecule has 29 heavy (non-hydrogen) atoms. The second-order valence-electron chi connectivity index (χ2n) is 7.47. The van der Waals surface area contributed by atoms with E-state index in [-0.39, 0.29) is 4.90 Å². The normalized spacial score (nSPS) is 17.9. The SMILES string of the molecule is C[C@H]1CCCN(S(=O)(=O)c2cccc(-c3nn(-c4ccccc4)cc3C=O)c2)C1. The molecule has 7 heteroatoms. The van der Waals surface area contributed by atoms with Crippen molar-refractivity contribution in [2.24, 2.45) is 5.92 Å². The lowest BCUT2D eigenvalue weighted by Gasteiger charge is -2.30. The van der Waals surface area contributed by atoms with Gasteiger partial charge in [-0.3, -0.25) is 4.79 Å². The smallest absolute Gasteiger partial charge is 0.243 e. The molecule has 0 spiro atoms. The van der Waals surface area contributed by atoms with E-state index in [9.17, 15) is 13.2 Å². The van der Waals surface area contributed by atoms with Crippen LogP contribution < -0.4 is 0 Å². The topological polar surface area (TPSA) is 72.3 Å². The van der Waals surface area contributed by atoms with Gasteiger partial charge in [-0.15, -0.1) is 0 Å². The lowest BCUT2D eigenvalue weighted by molar-refractivity contribution is 0.112. The molecule has 1 aliphatic heterocycles. The molecule has 1 saturated heterocycles. The molecule has 1 aliphatic rings. The maximum Gasteiger partial charge on any atom is 0.243 e. The number of carbonyl (C=O) groups excluding carboxylic acids is 1. The zero-order valence-corrected chi connectivity index (χ0v) is 17.0. The van der Waals surface area contributed by atoms with Crippen LogP contribution in [0.5, 0.6) is 0 Å². The highest BCUT2D eigenvalue weighted by molar-refractivity contribution is 7.89. The van der Waals surface area contributed by atoms with Gasteiger partial charge in [-0.1, -0.05) is 37.3 Å². The van der Waals surface area contributed by atoms with Gasteiger partial charge in [0, 0.05) is 24.8 Å². The standard InChI is InChI=1S/C22H23N3O3S/c1-17-7-6-12-24(14-17)29(27,28)21-11-5-8-18(13-21)22-19(16-26)15-25(23-22)20-9-3-2-4-10-20/h2-5,8-11,13,15-17H,6-7,12,14H2,1H3/t17-/m0/s1. The van der Waals surface area contributed by atoms with Gasteiger partial charge in [0.05, 0.1) is 16.1 Å². The summed E-state index contributed by atoms with van der Waals surface area (Å²) in [6.07, 6.45) is 4.32. The van der Waals surface area contributed by atoms with E-state index in [0.717, 1.165) is 24.8 Å². The van der Waals surface area contributed by atoms with E-state index in [4.69, 9.17) is 0 Å². The lowest BCUT2D eigenvalue weighted by atomic mass is 10.0. The predicted octanol–water partition coefficient (Wildman–Crippen LogP) is 3.77. The summed E-state index contributed by atoms with van der Waals surface area (Å²) < 4.78 is 29.4. The fourth-order valence-corrected chi connectivity index (χ4v) is 5.37. The molecule has 0 aliphatic carbocycles. The van der Waals surface area contributed by atoms with Gasteiger partial charge < -0.3 is 0 Å². The zero-order chi connectivity index (χ0) is 20.4. The number of hydrogen-bond donors (Lipinski definition) is 0. The number of nitrogens with zero attached hydrogens (tertiary/aromatic N) is 3. The molecule has 0 amide bonds. The first-order chi connectivity index (χ1) is 14.0. The Morgan fingerprint density at radius 3 is 2.62 bits per heavy atom. The van der Waals surface area contributed by atoms with Gasteiger partial charge in [0.15, 0.2) is 6.29 Å². The molecule has 0 N–H and O–H groups in total. The van der Waals surface area contributed by atoms with Gasteiger partial charge in [0.1, 0.15) is 5.69 Å². The van der Waals surface area contributed by atoms with E-state index >= 15 is 0 Å². The highest BCUT2D eigenvalue weighted by Gasteiger charge is 2.29. The maximum atomic E-state index is 13.1. The van der Waals surface area contributed by atoms with Crippen molar-refractivity contribution in [1.29, 1.82) is 0 Å². The van der Waals surface area contributed by atoms with Crippen LogP contribution in [0.3, 0.4) is 0 Å². The van der Waals surface area contributed by atoms with Crippen molar-refractivity contribution in [3.63, 3.8) is 0 Å². The summed E-state index contributed by atoms with van der Waals surface area (Å²) in [5.41, 5.74) is 2.31. The summed E-state index contributed by atoms with van der Waals surface area (Å²) in [5, 5.41) is 4.55. The number of aldehydes is 1. The summed E-state index contributed by atoms with van der Waals surface area (Å²) in [4.78, 5) is 11.9. The molecule has 3 aromatic rings. The Bertz CT molecular complexity index is 1120. The quantitative estimate of drug-likeness (QED) is 0.602. The molecular formula is C22H23N3O3S. The van der Waals surface area contributed by atoms with E-state index < -0.39 is 10.0 Å². The Balaban J connectivity index is 1.72. The molecule has 0 bridgehead atoms. The third-order valence-corrected chi connectivity index (χ3v) is 7.12. The molecule has 0 unspecified atom stereocenters. The highest BCUT2D eigenvalue weighted by atomic mass is 32.2. The van der Waals surface area contributed by atoms with Gasteiger partial charge in [-0.2, -0.15) is 9.40 Å². The van der Waals surface area contributed by atoms with Crippen molar-refractivity contribution in [3.05, 3.63) is 66.4 Å². The number of hydrogen-bond acceptors (Lipinski definition) is 4. The van der Waals surface area contributed by atoms with E-state index in [1.165, 1.54) is 0 Å². The van der Waals surface area contributed by atoms with Crippen molar-refractivity contribution >= 4 is 16.3 Å². The van der Waals surface area contributed by atoms with Crippen molar-refractivity contribution in [3.8, 4) is 16.9 Å². The van der Waals surface area contributed by atoms with E-state index in [1.54, 1.807) is 39.4 Å². The average molecular weight is 410 g/mol. The van der Waals surface area contributed by atoms with E-state index in [2.05, 4.69) is 12.0 Å². The van der Waals surface area contributed by atoms with E-state index in [0.29, 0.717) is 35.8 Å². The molecular weight excluding hydrogens is 386 g/mol. The first kappa shape index (κ1) is 19.5. The number of rotatable bonds is 5. The van der Waals surface area contributed by atoms with Gasteiger partial charge in [0.2, 0.25) is 10.0 Å². The van der Waals surface area contributed by atoms with Crippen molar-refractivity contribution in [1.82, 2.24) is 14.1 Å². The molecule has 2 aromatic carbocycles. The molecule has 2 heterocycles. The Kier molecular flexibility index (Phi) is 5.34. The molecule has 0 saturated carbocycles. The summed E-state index contributed by atoms with van der Waals surface area (Å²) >= 11 is 0. The van der Waals surface area contributed by atoms with Crippen LogP contribution >= 0.6 is 0 Å². The van der Waals surface area contributed by atoms with Gasteiger partial charge >= 0.3 is 0 Å². The van der Waals surface area contributed by atoms with Crippen LogP contribution in [0.25, 0.3) is 16.9 Å². The van der Waals surface area contributed by atoms with E-state index in [1.807, 2.05) is 30.3 Å². The molecule has 6 nitrogen and oxygen atoms in total. The first-order valence-electron chi connectivity index (χ1n) is 9.70. The number of aromatic nitrogens is 2. The predicted molar refractivity (Wildman–Crippen MR) is 112 cm³/mol. The molecule has 4 rings (SSSR count). The Hall–Kier alpha value is -2.77. The second kappa shape index (κ2) is 7.93. The molecule has 1 fully saturated rings. The average Bonchev–Trinajstić information content (AvgIpc) is 3.19. The number of carbonyl (C=O) groups is 1.